The molecule has 0 fully saturated rings. The molecule has 138 valence electrons. The van der Waals surface area contributed by atoms with Crippen molar-refractivity contribution in [3.8, 4) is 0 Å². The standard InChI is InChI=1S/C15H19N3O3.C3H9N/c1-5-9-6-10(13(19)20)11(16-7-9)12-17-14(21)15(4,18-12)8(2)3;1-3(2)4/h6-8H,5H2,1-4H3,(H,19,20)(H,17,18,21);3H,4H2,1-2H3. The zero-order valence-electron chi connectivity index (χ0n) is 15.8. The number of nitrogens with one attached hydrogen (secondary N) is 1. The Balaban J connectivity index is 0.000000705. The van der Waals surface area contributed by atoms with Crippen LogP contribution in [0.2, 0.25) is 0 Å². The first kappa shape index (κ1) is 20.8. The molecular formula is C18H28N4O3. The summed E-state index contributed by atoms with van der Waals surface area (Å²) < 4.78 is 0. The molecule has 1 atom stereocenters. The lowest BCUT2D eigenvalue weighted by Crippen LogP contribution is -2.57. The van der Waals surface area contributed by atoms with E-state index in [1.165, 1.54) is 6.07 Å². The minimum absolute atomic E-state index is 0.0173. The molecule has 7 heteroatoms. The van der Waals surface area contributed by atoms with Gasteiger partial charge in [0.1, 0.15) is 11.2 Å². The highest BCUT2D eigenvalue weighted by molar-refractivity contribution is 6.17. The van der Waals surface area contributed by atoms with Gasteiger partial charge in [0, 0.05) is 11.8 Å². The Morgan fingerprint density at radius 3 is 2.32 bits per heavy atom. The Hall–Kier alpha value is -2.28. The van der Waals surface area contributed by atoms with Crippen LogP contribution in [0.4, 0.5) is 0 Å². The molecule has 0 saturated carbocycles. The lowest BCUT2D eigenvalue weighted by atomic mass is 9.89. The first-order valence-electron chi connectivity index (χ1n) is 8.47. The van der Waals surface area contributed by atoms with Crippen LogP contribution in [0.15, 0.2) is 17.3 Å². The zero-order valence-corrected chi connectivity index (χ0v) is 15.8. The molecule has 0 aromatic carbocycles. The lowest BCUT2D eigenvalue weighted by Gasteiger charge is -2.21. The van der Waals surface area contributed by atoms with Gasteiger partial charge in [0.2, 0.25) is 0 Å². The smallest absolute Gasteiger partial charge is 0.253 e. The molecule has 1 amide bonds. The maximum atomic E-state index is 12.1. The number of hydrogen-bond donors (Lipinski definition) is 2. The molecule has 1 aliphatic rings. The number of hydrogen-bond acceptors (Lipinski definition) is 5. The van der Waals surface area contributed by atoms with E-state index in [-0.39, 0.29) is 28.9 Å². The average molecular weight is 348 g/mol. The summed E-state index contributed by atoms with van der Waals surface area (Å²) in [5.74, 6) is -1.41. The second kappa shape index (κ2) is 8.20. The molecule has 2 rings (SSSR count). The van der Waals surface area contributed by atoms with Crippen molar-refractivity contribution in [2.75, 3.05) is 0 Å². The summed E-state index contributed by atoms with van der Waals surface area (Å²) in [6.07, 6.45) is 2.25. The zero-order chi connectivity index (χ0) is 19.4. The maximum absolute atomic E-state index is 12.1. The van der Waals surface area contributed by atoms with E-state index in [9.17, 15) is 14.7 Å². The molecule has 0 saturated heterocycles. The Bertz CT molecular complexity index is 680. The first-order valence-corrected chi connectivity index (χ1v) is 8.47. The molecule has 0 aliphatic carbocycles. The molecule has 2 heterocycles. The fourth-order valence-corrected chi connectivity index (χ4v) is 2.09. The molecule has 4 N–H and O–H groups in total. The summed E-state index contributed by atoms with van der Waals surface area (Å²) >= 11 is 0. The van der Waals surface area contributed by atoms with Gasteiger partial charge in [-0.2, -0.15) is 0 Å². The second-order valence-electron chi connectivity index (χ2n) is 6.99. The summed E-state index contributed by atoms with van der Waals surface area (Å²) in [6, 6.07) is 2.09. The number of amides is 1. The van der Waals surface area contributed by atoms with Gasteiger partial charge in [0.05, 0.1) is 12.0 Å². The third-order valence-corrected chi connectivity index (χ3v) is 3.96. The summed E-state index contributed by atoms with van der Waals surface area (Å²) in [4.78, 5) is 31.9. The number of carbonyl (C=O) groups is 2. The van der Waals surface area contributed by atoms with Crippen LogP contribution in [-0.4, -0.2) is 34.3 Å². The minimum atomic E-state index is -1.33. The van der Waals surface area contributed by atoms with E-state index >= 15 is 0 Å². The van der Waals surface area contributed by atoms with Crippen molar-refractivity contribution in [2.24, 2.45) is 10.9 Å². The number of carboxylic acids is 1. The molecule has 1 unspecified atom stereocenters. The topological polar surface area (TPSA) is 122 Å². The van der Waals surface area contributed by atoms with Crippen LogP contribution >= 0.6 is 0 Å². The Morgan fingerprint density at radius 1 is 1.36 bits per heavy atom. The lowest BCUT2D eigenvalue weighted by molar-refractivity contribution is -0.407. The highest BCUT2D eigenvalue weighted by Crippen LogP contribution is 2.27. The first-order chi connectivity index (χ1) is 11.5. The summed E-state index contributed by atoms with van der Waals surface area (Å²) in [7, 11) is 0. The summed E-state index contributed by atoms with van der Waals surface area (Å²) in [5, 5.41) is 13.9. The van der Waals surface area contributed by atoms with E-state index in [4.69, 9.17) is 0 Å². The third-order valence-electron chi connectivity index (χ3n) is 3.96. The number of quaternary nitrogens is 1. The molecule has 0 radical (unpaired) electrons. The van der Waals surface area contributed by atoms with Gasteiger partial charge in [-0.15, -0.1) is 0 Å². The van der Waals surface area contributed by atoms with Gasteiger partial charge in [-0.1, -0.05) is 20.8 Å². The van der Waals surface area contributed by atoms with Crippen LogP contribution in [0.1, 0.15) is 63.2 Å². The Labute approximate surface area is 148 Å². The van der Waals surface area contributed by atoms with Gasteiger partial charge in [-0.3, -0.25) is 9.78 Å². The van der Waals surface area contributed by atoms with Crippen LogP contribution in [0.25, 0.3) is 0 Å². The molecule has 0 bridgehead atoms. The van der Waals surface area contributed by atoms with Crippen LogP contribution in [-0.2, 0) is 11.2 Å². The monoisotopic (exact) mass is 348 g/mol. The number of aliphatic imine (C=N–C) groups is 1. The number of rotatable bonds is 4. The van der Waals surface area contributed by atoms with Gasteiger partial charge in [0.25, 0.3) is 5.91 Å². The van der Waals surface area contributed by atoms with Gasteiger partial charge in [0.15, 0.2) is 5.84 Å². The normalized spacial score (nSPS) is 19.4. The molecular weight excluding hydrogens is 320 g/mol. The number of carboxylic acid groups (broad SMARTS) is 1. The highest BCUT2D eigenvalue weighted by Gasteiger charge is 2.42. The fraction of sp³-hybridized carbons (Fsp3) is 0.556. The van der Waals surface area contributed by atoms with Gasteiger partial charge in [-0.25, -0.2) is 4.99 Å². The number of pyridine rings is 1. The van der Waals surface area contributed by atoms with Crippen molar-refractivity contribution in [1.82, 2.24) is 10.3 Å². The van der Waals surface area contributed by atoms with E-state index in [1.807, 2.05) is 20.8 Å². The van der Waals surface area contributed by atoms with Crippen LogP contribution in [0.3, 0.4) is 0 Å². The number of nitrogens with zero attached hydrogens (tertiary/aromatic N) is 2. The van der Waals surface area contributed by atoms with Crippen LogP contribution in [0, 0.1) is 5.92 Å². The SMILES string of the molecule is CC(C)[NH3+].CCc1cnc(C2=NC(C)(C(C)C)C(=O)N2)c(C(=O)[O-])c1. The van der Waals surface area contributed by atoms with Gasteiger partial charge >= 0.3 is 0 Å². The van der Waals surface area contributed by atoms with Crippen molar-refractivity contribution in [2.45, 2.75) is 59.5 Å². The molecule has 7 nitrogen and oxygen atoms in total. The van der Waals surface area contributed by atoms with Crippen molar-refractivity contribution in [1.29, 1.82) is 0 Å². The van der Waals surface area contributed by atoms with Gasteiger partial charge < -0.3 is 21.0 Å². The average Bonchev–Trinajstić information content (AvgIpc) is 2.82. The highest BCUT2D eigenvalue weighted by atomic mass is 16.4. The molecule has 1 aromatic heterocycles. The van der Waals surface area contributed by atoms with E-state index in [0.29, 0.717) is 12.5 Å². The van der Waals surface area contributed by atoms with Crippen molar-refractivity contribution in [3.05, 3.63) is 29.1 Å². The summed E-state index contributed by atoms with van der Waals surface area (Å²) in [6.45, 7) is 11.5. The van der Waals surface area contributed by atoms with Gasteiger partial charge in [-0.05, 0) is 44.7 Å². The number of aromatic carboxylic acids is 1. The molecule has 0 spiro atoms. The minimum Gasteiger partial charge on any atom is -0.545 e. The number of amidine groups is 1. The largest absolute Gasteiger partial charge is 0.545 e. The third kappa shape index (κ3) is 4.85. The quantitative estimate of drug-likeness (QED) is 0.791. The van der Waals surface area contributed by atoms with E-state index in [2.05, 4.69) is 34.9 Å². The molecule has 1 aliphatic heterocycles. The number of aromatic nitrogens is 1. The van der Waals surface area contributed by atoms with Crippen LogP contribution in [0.5, 0.6) is 0 Å². The van der Waals surface area contributed by atoms with Crippen molar-refractivity contribution in [3.63, 3.8) is 0 Å². The Morgan fingerprint density at radius 2 is 1.92 bits per heavy atom. The number of carbonyl (C=O) groups excluding carboxylic acids is 2. The molecule has 25 heavy (non-hydrogen) atoms. The fourth-order valence-electron chi connectivity index (χ4n) is 2.09. The van der Waals surface area contributed by atoms with E-state index in [0.717, 1.165) is 5.56 Å². The van der Waals surface area contributed by atoms with Crippen molar-refractivity contribution < 1.29 is 20.4 Å². The predicted octanol–water partition coefficient (Wildman–Crippen LogP) is -0.0647. The maximum Gasteiger partial charge on any atom is 0.253 e. The van der Waals surface area contributed by atoms with Crippen molar-refractivity contribution >= 4 is 17.7 Å². The van der Waals surface area contributed by atoms with Crippen LogP contribution < -0.4 is 16.2 Å². The summed E-state index contributed by atoms with van der Waals surface area (Å²) in [5.41, 5.74) is 3.60. The Kier molecular flexibility index (Phi) is 6.81. The van der Waals surface area contributed by atoms with E-state index in [1.54, 1.807) is 13.1 Å². The number of aryl methyl sites for hydroxylation is 1. The predicted molar refractivity (Wildman–Crippen MR) is 93.9 cm³/mol. The van der Waals surface area contributed by atoms with E-state index < -0.39 is 11.5 Å². The second-order valence-corrected chi connectivity index (χ2v) is 6.99. The molecule has 1 aromatic rings.